The molecule has 0 aliphatic carbocycles. The average Bonchev–Trinajstić information content (AvgIpc) is 2.41. The monoisotopic (exact) mass is 327 g/mol. The number of rotatable bonds is 4. The maximum atomic E-state index is 12.3. The Morgan fingerprint density at radius 3 is 2.74 bits per heavy atom. The molecule has 1 saturated heterocycles. The quantitative estimate of drug-likeness (QED) is 0.798. The van der Waals surface area contributed by atoms with Gasteiger partial charge in [0.15, 0.2) is 5.82 Å². The third-order valence-electron chi connectivity index (χ3n) is 3.85. The van der Waals surface area contributed by atoms with Gasteiger partial charge in [-0.3, -0.25) is 4.79 Å². The highest BCUT2D eigenvalue weighted by Gasteiger charge is 2.24. The molecule has 19 heavy (non-hydrogen) atoms. The molecule has 4 nitrogen and oxygen atoms in total. The number of anilines is 1. The highest BCUT2D eigenvalue weighted by Crippen LogP contribution is 2.26. The van der Waals surface area contributed by atoms with Gasteiger partial charge in [0.25, 0.3) is 5.56 Å². The van der Waals surface area contributed by atoms with Crippen LogP contribution in [0.3, 0.4) is 0 Å². The summed E-state index contributed by atoms with van der Waals surface area (Å²) in [6.07, 6.45) is 6.73. The van der Waals surface area contributed by atoms with E-state index in [9.17, 15) is 4.79 Å². The zero-order chi connectivity index (χ0) is 13.8. The van der Waals surface area contributed by atoms with E-state index in [1.165, 1.54) is 0 Å². The van der Waals surface area contributed by atoms with Crippen LogP contribution in [0.1, 0.15) is 33.1 Å². The molecule has 1 aliphatic heterocycles. The lowest BCUT2D eigenvalue weighted by Crippen LogP contribution is -2.40. The number of hydrogen-bond donors (Lipinski definition) is 0. The molecule has 1 fully saturated rings. The number of piperidine rings is 1. The summed E-state index contributed by atoms with van der Waals surface area (Å²) < 4.78 is 1.77. The minimum atomic E-state index is 0.0506. The van der Waals surface area contributed by atoms with Crippen LogP contribution in [0.15, 0.2) is 17.2 Å². The Kier molecular flexibility index (Phi) is 5.02. The van der Waals surface area contributed by atoms with Gasteiger partial charge in [0, 0.05) is 36.9 Å². The van der Waals surface area contributed by atoms with Gasteiger partial charge in [-0.15, -0.1) is 0 Å². The van der Waals surface area contributed by atoms with E-state index in [2.05, 4.69) is 39.7 Å². The van der Waals surface area contributed by atoms with Crippen molar-refractivity contribution >= 4 is 21.7 Å². The lowest BCUT2D eigenvalue weighted by molar-refractivity contribution is 0.404. The fraction of sp³-hybridized carbons (Fsp3) is 0.714. The van der Waals surface area contributed by atoms with Crippen LogP contribution in [0, 0.1) is 5.92 Å². The van der Waals surface area contributed by atoms with E-state index in [0.29, 0.717) is 16.6 Å². The second-order valence-electron chi connectivity index (χ2n) is 5.25. The Morgan fingerprint density at radius 1 is 1.47 bits per heavy atom. The first-order chi connectivity index (χ1) is 9.13. The molecule has 0 aromatic carbocycles. The summed E-state index contributed by atoms with van der Waals surface area (Å²) in [5.74, 6) is 1.33. The predicted molar refractivity (Wildman–Crippen MR) is 82.1 cm³/mol. The van der Waals surface area contributed by atoms with Crippen molar-refractivity contribution in [2.45, 2.75) is 44.5 Å². The largest absolute Gasteiger partial charge is 0.352 e. The average molecular weight is 328 g/mol. The molecule has 1 unspecified atom stereocenters. The molecular weight excluding hydrogens is 306 g/mol. The number of aryl methyl sites for hydroxylation is 1. The summed E-state index contributed by atoms with van der Waals surface area (Å²) in [5, 5.41) is 0. The lowest BCUT2D eigenvalue weighted by Gasteiger charge is -2.33. The van der Waals surface area contributed by atoms with Gasteiger partial charge in [-0.25, -0.2) is 4.98 Å². The summed E-state index contributed by atoms with van der Waals surface area (Å²) in [6.45, 7) is 6.91. The van der Waals surface area contributed by atoms with Crippen molar-refractivity contribution in [3.8, 4) is 0 Å². The van der Waals surface area contributed by atoms with E-state index in [-0.39, 0.29) is 5.56 Å². The number of halogens is 1. The van der Waals surface area contributed by atoms with Gasteiger partial charge in [0.1, 0.15) is 0 Å². The smallest absolute Gasteiger partial charge is 0.293 e. The van der Waals surface area contributed by atoms with Crippen LogP contribution in [0.4, 0.5) is 5.82 Å². The van der Waals surface area contributed by atoms with E-state index in [1.807, 2.05) is 0 Å². The van der Waals surface area contributed by atoms with E-state index in [1.54, 1.807) is 17.0 Å². The van der Waals surface area contributed by atoms with Gasteiger partial charge in [-0.1, -0.05) is 29.8 Å². The van der Waals surface area contributed by atoms with Crippen LogP contribution < -0.4 is 10.5 Å². The first-order valence-corrected chi connectivity index (χ1v) is 7.99. The molecule has 1 aliphatic rings. The normalized spacial score (nSPS) is 18.6. The van der Waals surface area contributed by atoms with Gasteiger partial charge in [-0.2, -0.15) is 0 Å². The van der Waals surface area contributed by atoms with Gasteiger partial charge < -0.3 is 9.47 Å². The Morgan fingerprint density at radius 2 is 2.16 bits per heavy atom. The molecule has 0 N–H and O–H groups in total. The second-order valence-corrected chi connectivity index (χ2v) is 6.70. The number of hydrogen-bond acceptors (Lipinski definition) is 3. The molecule has 1 atom stereocenters. The van der Waals surface area contributed by atoms with E-state index >= 15 is 0 Å². The maximum Gasteiger partial charge on any atom is 0.293 e. The molecule has 1 aromatic rings. The predicted octanol–water partition coefficient (Wildman–Crippen LogP) is 2.65. The molecule has 0 spiro atoms. The van der Waals surface area contributed by atoms with Crippen LogP contribution in [0.5, 0.6) is 0 Å². The summed E-state index contributed by atoms with van der Waals surface area (Å²) in [5.41, 5.74) is 0.0506. The van der Waals surface area contributed by atoms with Crippen LogP contribution >= 0.6 is 15.9 Å². The third kappa shape index (κ3) is 3.38. The zero-order valence-corrected chi connectivity index (χ0v) is 13.3. The van der Waals surface area contributed by atoms with Gasteiger partial charge in [-0.05, 0) is 25.2 Å². The Balaban J connectivity index is 2.11. The van der Waals surface area contributed by atoms with Crippen LogP contribution in [0.25, 0.3) is 0 Å². The van der Waals surface area contributed by atoms with E-state index in [0.717, 1.165) is 38.9 Å². The van der Waals surface area contributed by atoms with Crippen molar-refractivity contribution in [1.29, 1.82) is 0 Å². The van der Waals surface area contributed by atoms with Gasteiger partial charge >= 0.3 is 0 Å². The van der Waals surface area contributed by atoms with Crippen molar-refractivity contribution in [3.05, 3.63) is 22.7 Å². The molecule has 0 saturated carbocycles. The molecule has 106 valence electrons. The fourth-order valence-electron chi connectivity index (χ4n) is 2.64. The van der Waals surface area contributed by atoms with Crippen molar-refractivity contribution in [2.75, 3.05) is 18.0 Å². The van der Waals surface area contributed by atoms with Gasteiger partial charge in [0.05, 0.1) is 0 Å². The van der Waals surface area contributed by atoms with Crippen molar-refractivity contribution in [3.63, 3.8) is 0 Å². The fourth-order valence-corrected chi connectivity index (χ4v) is 3.17. The summed E-state index contributed by atoms with van der Waals surface area (Å²) in [4.78, 5) is 19.3. The number of alkyl halides is 1. The second kappa shape index (κ2) is 6.55. The summed E-state index contributed by atoms with van der Waals surface area (Å²) >= 11 is 3.66. The molecule has 0 amide bonds. The molecule has 5 heteroatoms. The highest BCUT2D eigenvalue weighted by atomic mass is 79.9. The third-order valence-corrected chi connectivity index (χ3v) is 4.60. The molecule has 2 heterocycles. The minimum absolute atomic E-state index is 0.0506. The Hall–Kier alpha value is -0.840. The lowest BCUT2D eigenvalue weighted by atomic mass is 9.94. The summed E-state index contributed by atoms with van der Waals surface area (Å²) in [7, 11) is 0. The Labute approximate surface area is 123 Å². The first kappa shape index (κ1) is 14.6. The zero-order valence-electron chi connectivity index (χ0n) is 11.7. The van der Waals surface area contributed by atoms with Crippen LogP contribution in [-0.4, -0.2) is 27.5 Å². The first-order valence-electron chi connectivity index (χ1n) is 7.08. The van der Waals surface area contributed by atoms with E-state index < -0.39 is 0 Å². The summed E-state index contributed by atoms with van der Waals surface area (Å²) in [6, 6.07) is 0. The van der Waals surface area contributed by atoms with Crippen molar-refractivity contribution in [1.82, 2.24) is 9.55 Å². The molecular formula is C14H22BrN3O. The number of aromatic nitrogens is 2. The molecule has 0 bridgehead atoms. The highest BCUT2D eigenvalue weighted by molar-refractivity contribution is 9.09. The van der Waals surface area contributed by atoms with Gasteiger partial charge in [0.2, 0.25) is 0 Å². The van der Waals surface area contributed by atoms with Crippen LogP contribution in [0.2, 0.25) is 0 Å². The maximum absolute atomic E-state index is 12.3. The SMILES string of the molecule is CCCn1ccnc(N2CCC(C(C)Br)CC2)c1=O. The molecule has 1 aromatic heterocycles. The molecule has 2 rings (SSSR count). The van der Waals surface area contributed by atoms with Crippen molar-refractivity contribution < 1.29 is 0 Å². The molecule has 0 radical (unpaired) electrons. The topological polar surface area (TPSA) is 38.1 Å². The standard InChI is InChI=1S/C14H22BrN3O/c1-3-7-18-10-6-16-13(14(18)19)17-8-4-12(5-9-17)11(2)15/h6,10-12H,3-5,7-9H2,1-2H3. The van der Waals surface area contributed by atoms with Crippen LogP contribution in [-0.2, 0) is 6.54 Å². The van der Waals surface area contributed by atoms with E-state index in [4.69, 9.17) is 0 Å². The van der Waals surface area contributed by atoms with Crippen molar-refractivity contribution in [2.24, 2.45) is 5.92 Å². The Bertz CT molecular complexity index is 464. The minimum Gasteiger partial charge on any atom is -0.352 e. The number of nitrogens with zero attached hydrogens (tertiary/aromatic N) is 3.